The van der Waals surface area contributed by atoms with Crippen molar-refractivity contribution in [1.82, 2.24) is 0 Å². The Kier molecular flexibility index (Phi) is 50.4. The highest BCUT2D eigenvalue weighted by Gasteiger charge is 2.19. The minimum atomic E-state index is -0.787. The zero-order valence-corrected chi connectivity index (χ0v) is 42.3. The van der Waals surface area contributed by atoms with E-state index in [0.29, 0.717) is 19.3 Å². The van der Waals surface area contributed by atoms with E-state index in [1.165, 1.54) is 128 Å². The van der Waals surface area contributed by atoms with Crippen LogP contribution in [0, 0.1) is 0 Å². The quantitative estimate of drug-likeness (QED) is 0.0262. The topological polar surface area (TPSA) is 78.9 Å². The minimum absolute atomic E-state index is 0.0855. The van der Waals surface area contributed by atoms with E-state index >= 15 is 0 Å². The summed E-state index contributed by atoms with van der Waals surface area (Å²) in [4.78, 5) is 38.1. The Morgan fingerprint density at radius 1 is 0.328 bits per heavy atom. The molecule has 64 heavy (non-hydrogen) atoms. The molecule has 0 heterocycles. The fraction of sp³-hybridized carbons (Fsp3) is 0.776. The van der Waals surface area contributed by atoms with E-state index in [0.717, 1.165) is 103 Å². The summed E-state index contributed by atoms with van der Waals surface area (Å²) in [7, 11) is 0. The maximum absolute atomic E-state index is 12.8. The number of allylic oxidation sites excluding steroid dienone is 10. The van der Waals surface area contributed by atoms with Crippen molar-refractivity contribution in [2.75, 3.05) is 13.2 Å². The van der Waals surface area contributed by atoms with E-state index in [1.807, 2.05) is 0 Å². The van der Waals surface area contributed by atoms with E-state index < -0.39 is 6.10 Å². The second kappa shape index (κ2) is 52.7. The minimum Gasteiger partial charge on any atom is -0.462 e. The van der Waals surface area contributed by atoms with E-state index in [4.69, 9.17) is 14.2 Å². The molecule has 0 aliphatic rings. The predicted octanol–water partition coefficient (Wildman–Crippen LogP) is 18.0. The van der Waals surface area contributed by atoms with Crippen molar-refractivity contribution >= 4 is 17.9 Å². The van der Waals surface area contributed by atoms with Gasteiger partial charge in [-0.05, 0) is 103 Å². The molecular formula is C58H102O6. The highest BCUT2D eigenvalue weighted by Crippen LogP contribution is 2.14. The number of hydrogen-bond acceptors (Lipinski definition) is 6. The van der Waals surface area contributed by atoms with Crippen molar-refractivity contribution in [2.24, 2.45) is 0 Å². The van der Waals surface area contributed by atoms with Gasteiger partial charge in [0, 0.05) is 19.3 Å². The van der Waals surface area contributed by atoms with Crippen molar-refractivity contribution in [3.8, 4) is 0 Å². The lowest BCUT2D eigenvalue weighted by Gasteiger charge is -2.18. The summed E-state index contributed by atoms with van der Waals surface area (Å²) in [5, 5.41) is 0. The molecule has 0 rings (SSSR count). The molecule has 6 heteroatoms. The van der Waals surface area contributed by atoms with Crippen LogP contribution in [0.2, 0.25) is 0 Å². The first kappa shape index (κ1) is 61.1. The molecule has 370 valence electrons. The largest absolute Gasteiger partial charge is 0.462 e. The average Bonchev–Trinajstić information content (AvgIpc) is 3.29. The molecule has 0 aliphatic heterocycles. The Bertz CT molecular complexity index is 1170. The van der Waals surface area contributed by atoms with Crippen molar-refractivity contribution in [3.05, 3.63) is 60.8 Å². The first-order valence-corrected chi connectivity index (χ1v) is 27.3. The summed E-state index contributed by atoms with van der Waals surface area (Å²) < 4.78 is 16.8. The third-order valence-corrected chi connectivity index (χ3v) is 11.7. The van der Waals surface area contributed by atoms with Gasteiger partial charge in [0.05, 0.1) is 0 Å². The van der Waals surface area contributed by atoms with Gasteiger partial charge in [0.1, 0.15) is 13.2 Å². The van der Waals surface area contributed by atoms with Crippen molar-refractivity contribution < 1.29 is 28.6 Å². The molecule has 0 aromatic rings. The zero-order chi connectivity index (χ0) is 46.5. The van der Waals surface area contributed by atoms with Crippen LogP contribution in [-0.2, 0) is 28.6 Å². The summed E-state index contributed by atoms with van der Waals surface area (Å²) in [5.41, 5.74) is 0. The predicted molar refractivity (Wildman–Crippen MR) is 275 cm³/mol. The van der Waals surface area contributed by atoms with Crippen LogP contribution in [0.15, 0.2) is 60.8 Å². The maximum Gasteiger partial charge on any atom is 0.306 e. The normalized spacial score (nSPS) is 12.5. The summed E-state index contributed by atoms with van der Waals surface area (Å²) in [6.07, 6.45) is 64.9. The molecule has 0 amide bonds. The molecular weight excluding hydrogens is 793 g/mol. The molecule has 0 N–H and O–H groups in total. The Balaban J connectivity index is 4.41. The van der Waals surface area contributed by atoms with Gasteiger partial charge in [0.25, 0.3) is 0 Å². The standard InChI is InChI=1S/C58H102O6/c1-4-7-10-13-16-19-22-25-28-29-31-33-36-39-42-45-48-51-57(60)63-54-55(53-62-56(59)50-47-44-41-38-35-32-27-24-21-18-15-12-9-6-3)64-58(61)52-49-46-43-40-37-34-30-26-23-20-17-14-11-8-5-2/h8,11,17,20,24-28,30,55H,4-7,9-10,12-16,18-19,21-23,29,31-54H2,1-3H3/b11-8-,20-17-,27-24-,28-25-,30-26-/t55-/m1/s1. The molecule has 1 atom stereocenters. The van der Waals surface area contributed by atoms with E-state index in [2.05, 4.69) is 81.5 Å². The van der Waals surface area contributed by atoms with Gasteiger partial charge in [-0.25, -0.2) is 0 Å². The summed E-state index contributed by atoms with van der Waals surface area (Å²) in [6.45, 7) is 6.50. The Morgan fingerprint density at radius 2 is 0.609 bits per heavy atom. The van der Waals surface area contributed by atoms with Crippen LogP contribution >= 0.6 is 0 Å². The average molecular weight is 895 g/mol. The van der Waals surface area contributed by atoms with Gasteiger partial charge < -0.3 is 14.2 Å². The van der Waals surface area contributed by atoms with Gasteiger partial charge in [-0.1, -0.05) is 210 Å². The van der Waals surface area contributed by atoms with Crippen LogP contribution in [0.1, 0.15) is 271 Å². The number of carbonyl (C=O) groups is 3. The second-order valence-electron chi connectivity index (χ2n) is 18.1. The molecule has 0 radical (unpaired) electrons. The molecule has 0 spiro atoms. The molecule has 0 saturated heterocycles. The molecule has 0 aromatic heterocycles. The van der Waals surface area contributed by atoms with Gasteiger partial charge in [-0.2, -0.15) is 0 Å². The first-order valence-electron chi connectivity index (χ1n) is 27.3. The number of carbonyl (C=O) groups excluding carboxylic acids is 3. The number of esters is 3. The van der Waals surface area contributed by atoms with Gasteiger partial charge >= 0.3 is 17.9 Å². The van der Waals surface area contributed by atoms with Crippen LogP contribution in [0.25, 0.3) is 0 Å². The number of unbranched alkanes of at least 4 members (excludes halogenated alkanes) is 28. The van der Waals surface area contributed by atoms with Crippen LogP contribution in [0.5, 0.6) is 0 Å². The molecule has 0 bridgehead atoms. The lowest BCUT2D eigenvalue weighted by Crippen LogP contribution is -2.30. The number of ether oxygens (including phenoxy) is 3. The molecule has 0 unspecified atom stereocenters. The van der Waals surface area contributed by atoms with Crippen molar-refractivity contribution in [1.29, 1.82) is 0 Å². The highest BCUT2D eigenvalue weighted by atomic mass is 16.6. The highest BCUT2D eigenvalue weighted by molar-refractivity contribution is 5.71. The smallest absolute Gasteiger partial charge is 0.306 e. The van der Waals surface area contributed by atoms with Crippen LogP contribution in [-0.4, -0.2) is 37.2 Å². The van der Waals surface area contributed by atoms with Crippen LogP contribution in [0.4, 0.5) is 0 Å². The third-order valence-electron chi connectivity index (χ3n) is 11.7. The van der Waals surface area contributed by atoms with Gasteiger partial charge in [-0.15, -0.1) is 0 Å². The zero-order valence-electron chi connectivity index (χ0n) is 42.3. The molecule has 0 fully saturated rings. The number of rotatable bonds is 49. The second-order valence-corrected chi connectivity index (χ2v) is 18.1. The Hall–Kier alpha value is -2.89. The molecule has 0 aliphatic carbocycles. The van der Waals surface area contributed by atoms with Crippen LogP contribution in [0.3, 0.4) is 0 Å². The Labute approximate surface area is 396 Å². The molecule has 6 nitrogen and oxygen atoms in total. The lowest BCUT2D eigenvalue weighted by atomic mass is 10.1. The van der Waals surface area contributed by atoms with Gasteiger partial charge in [0.15, 0.2) is 6.10 Å². The van der Waals surface area contributed by atoms with Gasteiger partial charge in [-0.3, -0.25) is 14.4 Å². The number of hydrogen-bond donors (Lipinski definition) is 0. The summed E-state index contributed by atoms with van der Waals surface area (Å²) in [5.74, 6) is -0.909. The molecule has 0 aromatic carbocycles. The summed E-state index contributed by atoms with van der Waals surface area (Å²) in [6, 6.07) is 0. The van der Waals surface area contributed by atoms with Gasteiger partial charge in [0.2, 0.25) is 0 Å². The van der Waals surface area contributed by atoms with E-state index in [9.17, 15) is 14.4 Å². The maximum atomic E-state index is 12.8. The SMILES string of the molecule is CC/C=C\C/C=C\C/C=C\CCCCCCCC(=O)O[C@H](COC(=O)CCCCCCC/C=C\CCCCCCC)COC(=O)CCCCCCCCC/C=C\CCCCCCCC. The monoisotopic (exact) mass is 895 g/mol. The molecule has 0 saturated carbocycles. The Morgan fingerprint density at radius 3 is 0.969 bits per heavy atom. The van der Waals surface area contributed by atoms with Crippen molar-refractivity contribution in [2.45, 2.75) is 277 Å². The van der Waals surface area contributed by atoms with E-state index in [-0.39, 0.29) is 31.1 Å². The fourth-order valence-corrected chi connectivity index (χ4v) is 7.62. The van der Waals surface area contributed by atoms with Crippen LogP contribution < -0.4 is 0 Å². The summed E-state index contributed by atoms with van der Waals surface area (Å²) >= 11 is 0. The van der Waals surface area contributed by atoms with Crippen molar-refractivity contribution in [3.63, 3.8) is 0 Å². The third kappa shape index (κ3) is 50.1. The van der Waals surface area contributed by atoms with E-state index in [1.54, 1.807) is 0 Å². The first-order chi connectivity index (χ1) is 31.5. The lowest BCUT2D eigenvalue weighted by molar-refractivity contribution is -0.167. The fourth-order valence-electron chi connectivity index (χ4n) is 7.62.